The molecule has 0 heterocycles. The van der Waals surface area contributed by atoms with Gasteiger partial charge in [-0.25, -0.2) is 0 Å². The topological polar surface area (TPSA) is 113 Å². The number of hydrogen-bond acceptors (Lipinski definition) is 7. The number of phenols is 2. The molecule has 0 fully saturated rings. The zero-order valence-electron chi connectivity index (χ0n) is 11.5. The number of aromatic hydroxyl groups is 2. The molecule has 114 valence electrons. The number of carbonyl (C=O) groups excluding carboxylic acids is 3. The zero-order valence-corrected chi connectivity index (χ0v) is 11.5. The zero-order chi connectivity index (χ0) is 16.0. The maximum absolute atomic E-state index is 12.3. The Morgan fingerprint density at radius 2 is 1.57 bits per heavy atom. The van der Waals surface area contributed by atoms with Crippen molar-refractivity contribution in [3.05, 3.63) is 23.8 Å². The number of methoxy groups -OCH3 is 2. The maximum Gasteiger partial charge on any atom is 0.325 e. The standard InChI is InChI=1S/C13H15NO7/c1-20-10(16)6-14(7-11(17)21-2)13(19)8-4-3-5-9(15)12(8)18/h3-5,15,18H,6-7H2,1-2H3. The Morgan fingerprint density at radius 3 is 2.05 bits per heavy atom. The van der Waals surface area contributed by atoms with Crippen molar-refractivity contribution in [2.45, 2.75) is 0 Å². The number of para-hydroxylation sites is 1. The van der Waals surface area contributed by atoms with Crippen LogP contribution in [-0.2, 0) is 19.1 Å². The predicted octanol–water partition coefficient (Wildman–Crippen LogP) is -0.114. The predicted molar refractivity (Wildman–Crippen MR) is 69.7 cm³/mol. The van der Waals surface area contributed by atoms with Gasteiger partial charge in [0, 0.05) is 0 Å². The summed E-state index contributed by atoms with van der Waals surface area (Å²) >= 11 is 0. The number of phenolic OH excluding ortho intramolecular Hbond substituents is 2. The van der Waals surface area contributed by atoms with E-state index in [1.165, 1.54) is 18.2 Å². The third-order valence-electron chi connectivity index (χ3n) is 2.63. The van der Waals surface area contributed by atoms with Gasteiger partial charge in [-0.15, -0.1) is 0 Å². The number of nitrogens with zero attached hydrogens (tertiary/aromatic N) is 1. The van der Waals surface area contributed by atoms with Crippen molar-refractivity contribution in [3.63, 3.8) is 0 Å². The van der Waals surface area contributed by atoms with Gasteiger partial charge >= 0.3 is 11.9 Å². The number of ether oxygens (including phenoxy) is 2. The first-order valence-corrected chi connectivity index (χ1v) is 5.84. The Morgan fingerprint density at radius 1 is 1.05 bits per heavy atom. The largest absolute Gasteiger partial charge is 0.504 e. The van der Waals surface area contributed by atoms with Gasteiger partial charge in [-0.3, -0.25) is 14.4 Å². The van der Waals surface area contributed by atoms with E-state index in [-0.39, 0.29) is 5.56 Å². The lowest BCUT2D eigenvalue weighted by Crippen LogP contribution is -2.40. The van der Waals surface area contributed by atoms with Crippen LogP contribution in [0.4, 0.5) is 0 Å². The van der Waals surface area contributed by atoms with Crippen LogP contribution in [0.1, 0.15) is 10.4 Å². The van der Waals surface area contributed by atoms with Gasteiger partial charge in [0.1, 0.15) is 13.1 Å². The van der Waals surface area contributed by atoms with Crippen LogP contribution in [0.2, 0.25) is 0 Å². The third-order valence-corrected chi connectivity index (χ3v) is 2.63. The minimum absolute atomic E-state index is 0.247. The molecule has 1 aromatic rings. The normalized spacial score (nSPS) is 9.81. The SMILES string of the molecule is COC(=O)CN(CC(=O)OC)C(=O)c1cccc(O)c1O. The fourth-order valence-corrected chi connectivity index (χ4v) is 1.51. The van der Waals surface area contributed by atoms with E-state index in [0.29, 0.717) is 0 Å². The van der Waals surface area contributed by atoms with Crippen LogP contribution < -0.4 is 0 Å². The lowest BCUT2D eigenvalue weighted by molar-refractivity contribution is -0.144. The summed E-state index contributed by atoms with van der Waals surface area (Å²) in [6.45, 7) is -1.00. The molecule has 1 amide bonds. The van der Waals surface area contributed by atoms with Crippen LogP contribution in [0.25, 0.3) is 0 Å². The molecule has 2 N–H and O–H groups in total. The number of esters is 2. The maximum atomic E-state index is 12.3. The van der Waals surface area contributed by atoms with E-state index in [4.69, 9.17) is 0 Å². The number of benzene rings is 1. The molecule has 1 rings (SSSR count). The fraction of sp³-hybridized carbons (Fsp3) is 0.308. The number of rotatable bonds is 5. The van der Waals surface area contributed by atoms with Gasteiger partial charge in [0.25, 0.3) is 5.91 Å². The summed E-state index contributed by atoms with van der Waals surface area (Å²) in [6.07, 6.45) is 0. The number of hydrogen-bond donors (Lipinski definition) is 2. The van der Waals surface area contributed by atoms with Crippen LogP contribution in [0.3, 0.4) is 0 Å². The number of amides is 1. The first-order valence-electron chi connectivity index (χ1n) is 5.84. The summed E-state index contributed by atoms with van der Waals surface area (Å²) in [5, 5.41) is 19.1. The molecular weight excluding hydrogens is 282 g/mol. The summed E-state index contributed by atoms with van der Waals surface area (Å²) in [4.78, 5) is 35.7. The average Bonchev–Trinajstić information content (AvgIpc) is 2.48. The lowest BCUT2D eigenvalue weighted by Gasteiger charge is -2.20. The monoisotopic (exact) mass is 297 g/mol. The van der Waals surface area contributed by atoms with E-state index in [1.54, 1.807) is 0 Å². The highest BCUT2D eigenvalue weighted by Gasteiger charge is 2.25. The molecule has 8 nitrogen and oxygen atoms in total. The second-order valence-corrected chi connectivity index (χ2v) is 3.99. The second-order valence-electron chi connectivity index (χ2n) is 3.99. The van der Waals surface area contributed by atoms with E-state index in [9.17, 15) is 24.6 Å². The molecule has 0 spiro atoms. The Bertz CT molecular complexity index is 537. The molecule has 21 heavy (non-hydrogen) atoms. The minimum atomic E-state index is -0.820. The van der Waals surface area contributed by atoms with Crippen LogP contribution in [-0.4, -0.2) is 60.3 Å². The Kier molecular flexibility index (Phi) is 5.53. The molecule has 0 bridgehead atoms. The minimum Gasteiger partial charge on any atom is -0.504 e. The summed E-state index contributed by atoms with van der Waals surface area (Å²) < 4.78 is 8.88. The molecule has 0 saturated heterocycles. The second kappa shape index (κ2) is 7.13. The Hall–Kier alpha value is -2.77. The highest BCUT2D eigenvalue weighted by molar-refractivity contribution is 6.00. The molecule has 0 atom stereocenters. The highest BCUT2D eigenvalue weighted by Crippen LogP contribution is 2.29. The van der Waals surface area contributed by atoms with E-state index < -0.39 is 42.4 Å². The van der Waals surface area contributed by atoms with E-state index in [0.717, 1.165) is 19.1 Å². The van der Waals surface area contributed by atoms with Crippen LogP contribution >= 0.6 is 0 Å². The van der Waals surface area contributed by atoms with Crippen molar-refractivity contribution in [2.75, 3.05) is 27.3 Å². The van der Waals surface area contributed by atoms with Gasteiger partial charge < -0.3 is 24.6 Å². The Labute approximate surface area is 120 Å². The van der Waals surface area contributed by atoms with Gasteiger partial charge in [-0.05, 0) is 12.1 Å². The third kappa shape index (κ3) is 4.10. The summed E-state index contributed by atoms with van der Waals surface area (Å²) in [7, 11) is 2.27. The van der Waals surface area contributed by atoms with E-state index in [2.05, 4.69) is 9.47 Å². The summed E-state index contributed by atoms with van der Waals surface area (Å²) in [5.74, 6) is -3.43. The van der Waals surface area contributed by atoms with Crippen LogP contribution in [0.5, 0.6) is 11.5 Å². The van der Waals surface area contributed by atoms with Crippen LogP contribution in [0, 0.1) is 0 Å². The lowest BCUT2D eigenvalue weighted by atomic mass is 10.1. The van der Waals surface area contributed by atoms with E-state index in [1.807, 2.05) is 0 Å². The first-order chi connectivity index (χ1) is 9.90. The molecule has 8 heteroatoms. The molecule has 0 radical (unpaired) electrons. The van der Waals surface area contributed by atoms with Gasteiger partial charge in [0.15, 0.2) is 11.5 Å². The van der Waals surface area contributed by atoms with Crippen molar-refractivity contribution >= 4 is 17.8 Å². The quantitative estimate of drug-likeness (QED) is 0.575. The van der Waals surface area contributed by atoms with Crippen molar-refractivity contribution in [3.8, 4) is 11.5 Å². The highest BCUT2D eigenvalue weighted by atomic mass is 16.5. The van der Waals surface area contributed by atoms with Crippen molar-refractivity contribution in [1.29, 1.82) is 0 Å². The van der Waals surface area contributed by atoms with Gasteiger partial charge in [0.05, 0.1) is 19.8 Å². The molecule has 0 aliphatic rings. The number of carbonyl (C=O) groups is 3. The molecule has 1 aromatic carbocycles. The van der Waals surface area contributed by atoms with Crippen LogP contribution in [0.15, 0.2) is 18.2 Å². The molecule has 0 aliphatic heterocycles. The Balaban J connectivity index is 3.06. The molecule has 0 aromatic heterocycles. The molecule has 0 saturated carbocycles. The molecular formula is C13H15NO7. The van der Waals surface area contributed by atoms with Crippen molar-refractivity contribution in [1.82, 2.24) is 4.90 Å². The fourth-order valence-electron chi connectivity index (χ4n) is 1.51. The van der Waals surface area contributed by atoms with Gasteiger partial charge in [-0.1, -0.05) is 6.07 Å². The molecule has 0 aliphatic carbocycles. The smallest absolute Gasteiger partial charge is 0.325 e. The first kappa shape index (κ1) is 16.3. The van der Waals surface area contributed by atoms with Gasteiger partial charge in [-0.2, -0.15) is 0 Å². The van der Waals surface area contributed by atoms with Gasteiger partial charge in [0.2, 0.25) is 0 Å². The van der Waals surface area contributed by atoms with E-state index >= 15 is 0 Å². The molecule has 0 unspecified atom stereocenters. The van der Waals surface area contributed by atoms with Crippen molar-refractivity contribution in [2.24, 2.45) is 0 Å². The van der Waals surface area contributed by atoms with Crippen molar-refractivity contribution < 1.29 is 34.1 Å². The summed E-state index contributed by atoms with van der Waals surface area (Å²) in [5.41, 5.74) is -0.247. The average molecular weight is 297 g/mol. The summed E-state index contributed by atoms with van der Waals surface area (Å²) in [6, 6.07) is 3.78.